The Morgan fingerprint density at radius 3 is 2.18 bits per heavy atom. The first kappa shape index (κ1) is 25.2. The van der Waals surface area contributed by atoms with Gasteiger partial charge in [-0.3, -0.25) is 9.78 Å². The molecule has 0 aliphatic rings. The molecule has 1 amide bonds. The number of aromatic nitrogens is 4. The summed E-state index contributed by atoms with van der Waals surface area (Å²) in [6.07, 6.45) is 8.39. The van der Waals surface area contributed by atoms with Crippen LogP contribution in [0.25, 0.3) is 22.4 Å². The Balaban J connectivity index is 1.70. The molecule has 192 valence electrons. The van der Waals surface area contributed by atoms with E-state index in [4.69, 9.17) is 0 Å². The minimum absolute atomic E-state index is 0.0988. The number of anilines is 1. The van der Waals surface area contributed by atoms with Gasteiger partial charge < -0.3 is 14.5 Å². The number of amides is 1. The maximum absolute atomic E-state index is 14.1. The molecule has 0 radical (unpaired) electrons. The Morgan fingerprint density at radius 1 is 0.868 bits per heavy atom. The van der Waals surface area contributed by atoms with Crippen LogP contribution in [0.15, 0.2) is 97.6 Å². The van der Waals surface area contributed by atoms with Crippen LogP contribution in [0.1, 0.15) is 48.1 Å². The van der Waals surface area contributed by atoms with E-state index in [0.717, 1.165) is 64.7 Å². The zero-order valence-electron chi connectivity index (χ0n) is 22.1. The van der Waals surface area contributed by atoms with E-state index in [1.165, 1.54) is 0 Å². The van der Waals surface area contributed by atoms with Crippen LogP contribution in [0.4, 0.5) is 5.69 Å². The lowest BCUT2D eigenvalue weighted by atomic mass is 9.94. The Hall–Kier alpha value is -4.45. The summed E-state index contributed by atoms with van der Waals surface area (Å²) in [5, 5.41) is 3.16. The minimum Gasteiger partial charge on any atom is -0.343 e. The van der Waals surface area contributed by atoms with Gasteiger partial charge in [0.25, 0.3) is 5.91 Å². The van der Waals surface area contributed by atoms with Crippen LogP contribution in [0, 0.1) is 6.92 Å². The fourth-order valence-corrected chi connectivity index (χ4v) is 5.15. The summed E-state index contributed by atoms with van der Waals surface area (Å²) in [5.41, 5.74) is 6.59. The van der Waals surface area contributed by atoms with Crippen molar-refractivity contribution >= 4 is 11.6 Å². The third kappa shape index (κ3) is 5.16. The van der Waals surface area contributed by atoms with E-state index < -0.39 is 0 Å². The van der Waals surface area contributed by atoms with Gasteiger partial charge in [-0.05, 0) is 49.1 Å². The molecule has 5 rings (SSSR count). The fraction of sp³-hybridized carbons (Fsp3) is 0.219. The average Bonchev–Trinajstić information content (AvgIpc) is 3.51. The molecule has 0 unspecified atom stereocenters. The van der Waals surface area contributed by atoms with Gasteiger partial charge in [0.1, 0.15) is 5.82 Å². The number of para-hydroxylation sites is 1. The number of nitrogens with one attached hydrogen (secondary N) is 1. The quantitative estimate of drug-likeness (QED) is 0.232. The molecule has 0 aliphatic heterocycles. The van der Waals surface area contributed by atoms with Gasteiger partial charge in [0, 0.05) is 60.4 Å². The Morgan fingerprint density at radius 2 is 1.55 bits per heavy atom. The molecule has 2 aromatic carbocycles. The molecular weight excluding hydrogens is 470 g/mol. The number of carbonyl (C=O) groups excluding carboxylic acids is 1. The molecule has 0 fully saturated rings. The van der Waals surface area contributed by atoms with E-state index in [0.29, 0.717) is 0 Å². The molecule has 0 atom stereocenters. The average molecular weight is 504 g/mol. The van der Waals surface area contributed by atoms with Gasteiger partial charge in [0.2, 0.25) is 0 Å². The zero-order valence-corrected chi connectivity index (χ0v) is 22.1. The number of hydrogen-bond acceptors (Lipinski definition) is 3. The van der Waals surface area contributed by atoms with E-state index in [9.17, 15) is 4.79 Å². The molecule has 0 bridgehead atoms. The van der Waals surface area contributed by atoms with Crippen LogP contribution in [-0.4, -0.2) is 25.0 Å². The van der Waals surface area contributed by atoms with Crippen molar-refractivity contribution in [3.63, 3.8) is 0 Å². The number of imidazole rings is 1. The molecule has 38 heavy (non-hydrogen) atoms. The standard InChI is InChI=1S/C32H33N5O/c1-23(2)30-29(32(38)35-27-13-8-5-9-14-27)28(25-11-6-4-7-12-25)31(26-15-17-33-18-16-26)37(30)21-10-20-36-22-19-34-24(36)3/h4-9,11-19,22-23H,10,20-21H2,1-3H3,(H,35,38). The number of pyridine rings is 1. The van der Waals surface area contributed by atoms with Crippen LogP contribution in [0.5, 0.6) is 0 Å². The van der Waals surface area contributed by atoms with Crippen molar-refractivity contribution in [1.29, 1.82) is 0 Å². The summed E-state index contributed by atoms with van der Waals surface area (Å²) >= 11 is 0. The van der Waals surface area contributed by atoms with Crippen LogP contribution in [0.3, 0.4) is 0 Å². The lowest BCUT2D eigenvalue weighted by Crippen LogP contribution is -2.17. The van der Waals surface area contributed by atoms with Crippen molar-refractivity contribution in [2.45, 2.75) is 46.2 Å². The van der Waals surface area contributed by atoms with Crippen molar-refractivity contribution in [2.75, 3.05) is 5.32 Å². The van der Waals surface area contributed by atoms with E-state index in [-0.39, 0.29) is 11.8 Å². The third-order valence-electron chi connectivity index (χ3n) is 6.83. The molecule has 6 nitrogen and oxygen atoms in total. The predicted molar refractivity (Wildman–Crippen MR) is 153 cm³/mol. The number of nitrogens with zero attached hydrogens (tertiary/aromatic N) is 4. The highest BCUT2D eigenvalue weighted by Gasteiger charge is 2.30. The maximum atomic E-state index is 14.1. The number of rotatable bonds is 9. The second-order valence-electron chi connectivity index (χ2n) is 9.73. The molecule has 0 spiro atoms. The fourth-order valence-electron chi connectivity index (χ4n) is 5.15. The van der Waals surface area contributed by atoms with Crippen LogP contribution in [0.2, 0.25) is 0 Å². The highest BCUT2D eigenvalue weighted by Crippen LogP contribution is 2.42. The van der Waals surface area contributed by atoms with Crippen molar-refractivity contribution in [2.24, 2.45) is 0 Å². The second kappa shape index (κ2) is 11.3. The number of benzene rings is 2. The van der Waals surface area contributed by atoms with E-state index in [1.54, 1.807) is 0 Å². The summed E-state index contributed by atoms with van der Waals surface area (Å²) < 4.78 is 4.53. The van der Waals surface area contributed by atoms with E-state index in [1.807, 2.05) is 92.4 Å². The second-order valence-corrected chi connectivity index (χ2v) is 9.73. The SMILES string of the molecule is Cc1nccn1CCCn1c(-c2ccncc2)c(-c2ccccc2)c(C(=O)Nc2ccccc2)c1C(C)C. The topological polar surface area (TPSA) is 64.7 Å². The molecule has 5 aromatic rings. The molecule has 1 N–H and O–H groups in total. The summed E-state index contributed by atoms with van der Waals surface area (Å²) in [7, 11) is 0. The summed E-state index contributed by atoms with van der Waals surface area (Å²) in [4.78, 5) is 22.7. The third-order valence-corrected chi connectivity index (χ3v) is 6.83. The largest absolute Gasteiger partial charge is 0.343 e. The monoisotopic (exact) mass is 503 g/mol. The molecular formula is C32H33N5O. The number of aryl methyl sites for hydroxylation is 2. The Bertz CT molecular complexity index is 1500. The van der Waals surface area contributed by atoms with E-state index >= 15 is 0 Å². The maximum Gasteiger partial charge on any atom is 0.258 e. The first-order valence-electron chi connectivity index (χ1n) is 13.1. The lowest BCUT2D eigenvalue weighted by molar-refractivity contribution is 0.102. The molecule has 0 aliphatic carbocycles. The van der Waals surface area contributed by atoms with Gasteiger partial charge in [0.15, 0.2) is 0 Å². The number of hydrogen-bond donors (Lipinski definition) is 1. The molecule has 3 heterocycles. The zero-order chi connectivity index (χ0) is 26.5. The molecule has 3 aromatic heterocycles. The Labute approximate surface area is 224 Å². The van der Waals surface area contributed by atoms with Gasteiger partial charge in [0.05, 0.1) is 11.3 Å². The first-order valence-corrected chi connectivity index (χ1v) is 13.1. The van der Waals surface area contributed by atoms with Crippen molar-refractivity contribution in [3.8, 4) is 22.4 Å². The summed E-state index contributed by atoms with van der Waals surface area (Å²) in [5.74, 6) is 1.03. The summed E-state index contributed by atoms with van der Waals surface area (Å²) in [6, 6.07) is 23.9. The predicted octanol–water partition coefficient (Wildman–Crippen LogP) is 7.19. The van der Waals surface area contributed by atoms with Gasteiger partial charge in [-0.2, -0.15) is 0 Å². The minimum atomic E-state index is -0.0988. The van der Waals surface area contributed by atoms with Gasteiger partial charge >= 0.3 is 0 Å². The highest BCUT2D eigenvalue weighted by atomic mass is 16.1. The summed E-state index contributed by atoms with van der Waals surface area (Å²) in [6.45, 7) is 7.97. The Kier molecular flexibility index (Phi) is 7.50. The smallest absolute Gasteiger partial charge is 0.258 e. The van der Waals surface area contributed by atoms with Gasteiger partial charge in [-0.1, -0.05) is 62.4 Å². The van der Waals surface area contributed by atoms with Crippen molar-refractivity contribution < 1.29 is 4.79 Å². The van der Waals surface area contributed by atoms with Crippen LogP contribution < -0.4 is 5.32 Å². The lowest BCUT2D eigenvalue weighted by Gasteiger charge is -2.17. The van der Waals surface area contributed by atoms with Crippen molar-refractivity contribution in [3.05, 3.63) is 115 Å². The normalized spacial score (nSPS) is 11.2. The number of carbonyl (C=O) groups is 1. The van der Waals surface area contributed by atoms with Crippen LogP contribution >= 0.6 is 0 Å². The van der Waals surface area contributed by atoms with Crippen LogP contribution in [-0.2, 0) is 13.1 Å². The molecule has 6 heteroatoms. The first-order chi connectivity index (χ1) is 18.5. The highest BCUT2D eigenvalue weighted by molar-refractivity contribution is 6.12. The van der Waals surface area contributed by atoms with Crippen molar-refractivity contribution in [1.82, 2.24) is 19.1 Å². The van der Waals surface area contributed by atoms with Gasteiger partial charge in [-0.25, -0.2) is 4.98 Å². The molecule has 0 saturated heterocycles. The molecule has 0 saturated carbocycles. The van der Waals surface area contributed by atoms with Gasteiger partial charge in [-0.15, -0.1) is 0 Å². The van der Waals surface area contributed by atoms with E-state index in [2.05, 4.69) is 50.4 Å².